The number of hydrogen-bond donors (Lipinski definition) is 1. The second-order valence-electron chi connectivity index (χ2n) is 5.68. The summed E-state index contributed by atoms with van der Waals surface area (Å²) >= 11 is 5.99. The predicted octanol–water partition coefficient (Wildman–Crippen LogP) is 4.40. The van der Waals surface area contributed by atoms with Gasteiger partial charge in [-0.15, -0.1) is 0 Å². The maximum atomic E-state index is 12.5. The third kappa shape index (κ3) is 3.67. The van der Waals surface area contributed by atoms with Gasteiger partial charge in [0.05, 0.1) is 24.2 Å². The Kier molecular flexibility index (Phi) is 4.76. The second kappa shape index (κ2) is 6.99. The summed E-state index contributed by atoms with van der Waals surface area (Å²) in [6.07, 6.45) is 0. The van der Waals surface area contributed by atoms with Crippen molar-refractivity contribution in [3.05, 3.63) is 70.5 Å². The van der Waals surface area contributed by atoms with E-state index in [0.29, 0.717) is 22.0 Å². The first-order valence-electron chi connectivity index (χ1n) is 7.76. The number of hydrogen-bond acceptors (Lipinski definition) is 3. The molecule has 0 aliphatic carbocycles. The summed E-state index contributed by atoms with van der Waals surface area (Å²) < 4.78 is 7.09. The van der Waals surface area contributed by atoms with Crippen LogP contribution < -0.4 is 10.1 Å². The fourth-order valence-corrected chi connectivity index (χ4v) is 2.79. The zero-order chi connectivity index (χ0) is 18.0. The molecule has 1 N–H and O–H groups in total. The van der Waals surface area contributed by atoms with Crippen molar-refractivity contribution in [3.8, 4) is 11.4 Å². The number of methoxy groups -OCH3 is 1. The Morgan fingerprint density at radius 3 is 2.44 bits per heavy atom. The summed E-state index contributed by atoms with van der Waals surface area (Å²) in [4.78, 5) is 12.5. The van der Waals surface area contributed by atoms with Gasteiger partial charge in [-0.3, -0.25) is 4.79 Å². The maximum Gasteiger partial charge on any atom is 0.255 e. The molecule has 0 unspecified atom stereocenters. The predicted molar refractivity (Wildman–Crippen MR) is 99.0 cm³/mol. The molecule has 25 heavy (non-hydrogen) atoms. The molecule has 1 heterocycles. The van der Waals surface area contributed by atoms with E-state index in [9.17, 15) is 4.79 Å². The molecule has 0 saturated carbocycles. The minimum Gasteiger partial charge on any atom is -0.495 e. The van der Waals surface area contributed by atoms with E-state index in [1.54, 1.807) is 37.4 Å². The van der Waals surface area contributed by atoms with Crippen LogP contribution in [0.4, 0.5) is 5.69 Å². The van der Waals surface area contributed by atoms with Crippen molar-refractivity contribution in [1.82, 2.24) is 9.78 Å². The van der Waals surface area contributed by atoms with Gasteiger partial charge in [-0.1, -0.05) is 11.6 Å². The summed E-state index contributed by atoms with van der Waals surface area (Å²) in [5.41, 5.74) is 3.96. The Hall–Kier alpha value is -2.79. The Morgan fingerprint density at radius 1 is 1.12 bits per heavy atom. The van der Waals surface area contributed by atoms with Crippen molar-refractivity contribution in [2.45, 2.75) is 13.8 Å². The molecule has 1 amide bonds. The van der Waals surface area contributed by atoms with E-state index >= 15 is 0 Å². The van der Waals surface area contributed by atoms with Gasteiger partial charge in [-0.25, -0.2) is 4.68 Å². The summed E-state index contributed by atoms with van der Waals surface area (Å²) in [6, 6.07) is 14.3. The van der Waals surface area contributed by atoms with Crippen molar-refractivity contribution in [1.29, 1.82) is 0 Å². The van der Waals surface area contributed by atoms with Gasteiger partial charge in [-0.2, -0.15) is 5.10 Å². The zero-order valence-electron chi connectivity index (χ0n) is 14.2. The van der Waals surface area contributed by atoms with Gasteiger partial charge in [0.1, 0.15) is 5.75 Å². The number of aromatic nitrogens is 2. The van der Waals surface area contributed by atoms with Crippen molar-refractivity contribution in [2.24, 2.45) is 0 Å². The van der Waals surface area contributed by atoms with Crippen molar-refractivity contribution in [2.75, 3.05) is 12.4 Å². The molecule has 6 heteroatoms. The number of amides is 1. The average molecular weight is 356 g/mol. The molecule has 0 bridgehead atoms. The van der Waals surface area contributed by atoms with E-state index in [0.717, 1.165) is 17.1 Å². The van der Waals surface area contributed by atoms with Gasteiger partial charge < -0.3 is 10.1 Å². The highest BCUT2D eigenvalue weighted by molar-refractivity contribution is 6.31. The normalized spacial score (nSPS) is 10.6. The molecule has 0 aliphatic rings. The number of halogens is 1. The van der Waals surface area contributed by atoms with Crippen LogP contribution in [0.15, 0.2) is 48.5 Å². The van der Waals surface area contributed by atoms with Crippen LogP contribution in [-0.4, -0.2) is 22.8 Å². The molecule has 128 valence electrons. The number of benzene rings is 2. The minimum absolute atomic E-state index is 0.236. The molecule has 2 aromatic carbocycles. The Balaban J connectivity index is 1.82. The molecule has 0 fully saturated rings. The van der Waals surface area contributed by atoms with Crippen LogP contribution in [0.3, 0.4) is 0 Å². The number of aryl methyl sites for hydroxylation is 2. The lowest BCUT2D eigenvalue weighted by molar-refractivity contribution is 0.102. The number of nitrogens with zero attached hydrogens (tertiary/aromatic N) is 2. The summed E-state index contributed by atoms with van der Waals surface area (Å²) in [5.74, 6) is 0.317. The molecule has 0 spiro atoms. The van der Waals surface area contributed by atoms with Gasteiger partial charge in [0.25, 0.3) is 5.91 Å². The van der Waals surface area contributed by atoms with E-state index < -0.39 is 0 Å². The lowest BCUT2D eigenvalue weighted by atomic mass is 10.2. The first kappa shape index (κ1) is 17.0. The van der Waals surface area contributed by atoms with E-state index in [-0.39, 0.29) is 5.91 Å². The molecule has 5 nitrogen and oxygen atoms in total. The number of anilines is 1. The van der Waals surface area contributed by atoms with Crippen LogP contribution in [0, 0.1) is 13.8 Å². The first-order valence-corrected chi connectivity index (χ1v) is 8.14. The van der Waals surface area contributed by atoms with E-state index in [1.807, 2.05) is 36.7 Å². The first-order chi connectivity index (χ1) is 12.0. The smallest absolute Gasteiger partial charge is 0.255 e. The fraction of sp³-hybridized carbons (Fsp3) is 0.158. The van der Waals surface area contributed by atoms with E-state index in [1.165, 1.54) is 0 Å². The van der Waals surface area contributed by atoms with Crippen molar-refractivity contribution in [3.63, 3.8) is 0 Å². The highest BCUT2D eigenvalue weighted by Crippen LogP contribution is 2.28. The van der Waals surface area contributed by atoms with Crippen molar-refractivity contribution >= 4 is 23.2 Å². The molecule has 3 aromatic rings. The largest absolute Gasteiger partial charge is 0.495 e. The molecule has 0 aliphatic heterocycles. The van der Waals surface area contributed by atoms with Crippen LogP contribution in [0.25, 0.3) is 5.69 Å². The molecule has 0 radical (unpaired) electrons. The van der Waals surface area contributed by atoms with Gasteiger partial charge in [0.2, 0.25) is 0 Å². The molecule has 0 atom stereocenters. The standard InChI is InChI=1S/C19H18ClN3O2/c1-12-10-13(2)23(22-12)16-7-4-14(5-8-16)19(24)21-17-11-15(20)6-9-18(17)25-3/h4-11H,1-3H3,(H,21,24). The van der Waals surface area contributed by atoms with Crippen molar-refractivity contribution < 1.29 is 9.53 Å². The lowest BCUT2D eigenvalue weighted by Gasteiger charge is -2.11. The molecule has 1 aromatic heterocycles. The molecular weight excluding hydrogens is 338 g/mol. The summed E-state index contributed by atoms with van der Waals surface area (Å²) in [7, 11) is 1.54. The maximum absolute atomic E-state index is 12.5. The lowest BCUT2D eigenvalue weighted by Crippen LogP contribution is -2.13. The fourth-order valence-electron chi connectivity index (χ4n) is 2.62. The van der Waals surface area contributed by atoms with Crippen LogP contribution in [0.5, 0.6) is 5.75 Å². The third-order valence-electron chi connectivity index (χ3n) is 3.79. The zero-order valence-corrected chi connectivity index (χ0v) is 15.0. The van der Waals surface area contributed by atoms with E-state index in [4.69, 9.17) is 16.3 Å². The number of nitrogens with one attached hydrogen (secondary N) is 1. The quantitative estimate of drug-likeness (QED) is 0.754. The second-order valence-corrected chi connectivity index (χ2v) is 6.12. The Morgan fingerprint density at radius 2 is 1.84 bits per heavy atom. The number of rotatable bonds is 4. The van der Waals surface area contributed by atoms with Gasteiger partial charge in [0.15, 0.2) is 0 Å². The Bertz CT molecular complexity index is 917. The minimum atomic E-state index is -0.236. The highest BCUT2D eigenvalue weighted by Gasteiger charge is 2.11. The highest BCUT2D eigenvalue weighted by atomic mass is 35.5. The summed E-state index contributed by atoms with van der Waals surface area (Å²) in [6.45, 7) is 3.94. The van der Waals surface area contributed by atoms with Gasteiger partial charge in [-0.05, 0) is 62.4 Å². The topological polar surface area (TPSA) is 56.1 Å². The number of ether oxygens (including phenoxy) is 1. The number of carbonyl (C=O) groups excluding carboxylic acids is 1. The van der Waals surface area contributed by atoms with Crippen LogP contribution in [0.2, 0.25) is 5.02 Å². The monoisotopic (exact) mass is 355 g/mol. The number of carbonyl (C=O) groups is 1. The van der Waals surface area contributed by atoms with Crippen LogP contribution >= 0.6 is 11.6 Å². The molecule has 0 saturated heterocycles. The van der Waals surface area contributed by atoms with Gasteiger partial charge >= 0.3 is 0 Å². The summed E-state index contributed by atoms with van der Waals surface area (Å²) in [5, 5.41) is 7.79. The third-order valence-corrected chi connectivity index (χ3v) is 4.03. The van der Waals surface area contributed by atoms with Gasteiger partial charge in [0, 0.05) is 16.3 Å². The molecule has 3 rings (SSSR count). The molecular formula is C19H18ClN3O2. The van der Waals surface area contributed by atoms with Crippen LogP contribution in [-0.2, 0) is 0 Å². The average Bonchev–Trinajstić information content (AvgIpc) is 2.93. The SMILES string of the molecule is COc1ccc(Cl)cc1NC(=O)c1ccc(-n2nc(C)cc2C)cc1. The van der Waals surface area contributed by atoms with Crippen LogP contribution in [0.1, 0.15) is 21.7 Å². The Labute approximate surface area is 151 Å². The van der Waals surface area contributed by atoms with E-state index in [2.05, 4.69) is 10.4 Å².